The maximum atomic E-state index is 12.9. The molecule has 0 heterocycles. The second kappa shape index (κ2) is 49.9. The molecule has 2 N–H and O–H groups in total. The first kappa shape index (κ1) is 66.0. The fraction of sp³-hybridized carbons (Fsp3) is 0.914. The summed E-state index contributed by atoms with van der Waals surface area (Å²) in [5, 5.41) is 13.9. The first-order valence-corrected chi connectivity index (χ1v) is 30.6. The lowest BCUT2D eigenvalue weighted by molar-refractivity contribution is -0.870. The molecule has 3 atom stereocenters. The van der Waals surface area contributed by atoms with E-state index in [1.807, 2.05) is 21.1 Å². The molecule has 0 aliphatic rings. The Morgan fingerprint density at radius 2 is 0.866 bits per heavy atom. The van der Waals surface area contributed by atoms with Crippen LogP contribution in [0.1, 0.15) is 290 Å². The molecule has 0 aromatic rings. The Kier molecular flexibility index (Phi) is 49.2. The van der Waals surface area contributed by atoms with Crippen LogP contribution in [-0.2, 0) is 18.4 Å². The number of quaternary nitrogens is 1. The lowest BCUT2D eigenvalue weighted by atomic mass is 10.0. The van der Waals surface area contributed by atoms with Crippen LogP contribution in [0, 0.1) is 0 Å². The van der Waals surface area contributed by atoms with Crippen LogP contribution in [0.4, 0.5) is 0 Å². The van der Waals surface area contributed by atoms with Crippen molar-refractivity contribution in [1.82, 2.24) is 5.32 Å². The molecule has 0 saturated heterocycles. The topological polar surface area (TPSA) is 108 Å². The minimum Gasteiger partial charge on any atom is -0.756 e. The number of nitrogens with zero attached hydrogens (tertiary/aromatic N) is 1. The summed E-state index contributed by atoms with van der Waals surface area (Å²) in [4.78, 5) is 25.4. The van der Waals surface area contributed by atoms with E-state index in [1.54, 1.807) is 0 Å². The van der Waals surface area contributed by atoms with Gasteiger partial charge in [-0.3, -0.25) is 9.36 Å². The van der Waals surface area contributed by atoms with E-state index in [0.717, 1.165) is 44.9 Å². The van der Waals surface area contributed by atoms with Crippen molar-refractivity contribution in [2.24, 2.45) is 0 Å². The minimum absolute atomic E-state index is 0.0138. The van der Waals surface area contributed by atoms with Crippen LogP contribution in [-0.4, -0.2) is 68.5 Å². The van der Waals surface area contributed by atoms with Crippen molar-refractivity contribution in [3.63, 3.8) is 0 Å². The first-order valence-electron chi connectivity index (χ1n) is 29.2. The van der Waals surface area contributed by atoms with Gasteiger partial charge in [0.15, 0.2) is 0 Å². The zero-order valence-electron chi connectivity index (χ0n) is 45.4. The number of hydrogen-bond donors (Lipinski definition) is 2. The molecule has 0 aliphatic carbocycles. The Bertz CT molecular complexity index is 1140. The molecule has 8 nitrogen and oxygen atoms in total. The van der Waals surface area contributed by atoms with E-state index in [0.29, 0.717) is 23.9 Å². The average molecular weight is 968 g/mol. The maximum absolute atomic E-state index is 12.9. The maximum Gasteiger partial charge on any atom is 0.268 e. The zero-order chi connectivity index (χ0) is 49.2. The van der Waals surface area contributed by atoms with E-state index in [4.69, 9.17) is 9.05 Å². The molecular weight excluding hydrogens is 852 g/mol. The number of carbonyl (C=O) groups excluding carboxylic acids is 1. The van der Waals surface area contributed by atoms with Crippen LogP contribution < -0.4 is 10.2 Å². The number of likely N-dealkylation sites (N-methyl/N-ethyl adjacent to an activating group) is 1. The number of amides is 1. The summed E-state index contributed by atoms with van der Waals surface area (Å²) >= 11 is 0. The standard InChI is InChI=1S/C58H115N2O6P/c1-6-8-10-12-14-16-18-19-20-21-22-23-24-25-26-27-28-29-30-31-32-33-34-35-36-37-38-39-40-41-42-44-46-48-50-52-58(62)59-56(55-66-67(63,64)65-54-53-60(3,4)5)57(61)51-49-47-45-43-17-15-13-11-9-7-2/h24-25,27-28,56-57,61H,6-23,26,29-55H2,1-5H3,(H-,59,62,63,64)/b25-24-,28-27-. The molecule has 1 amide bonds. The smallest absolute Gasteiger partial charge is 0.268 e. The van der Waals surface area contributed by atoms with Gasteiger partial charge in [0, 0.05) is 6.42 Å². The van der Waals surface area contributed by atoms with Crippen LogP contribution in [0.5, 0.6) is 0 Å². The van der Waals surface area contributed by atoms with E-state index in [1.165, 1.54) is 218 Å². The summed E-state index contributed by atoms with van der Waals surface area (Å²) in [6, 6.07) is -0.796. The highest BCUT2D eigenvalue weighted by Crippen LogP contribution is 2.38. The predicted octanol–water partition coefficient (Wildman–Crippen LogP) is 17.0. The molecule has 0 spiro atoms. The van der Waals surface area contributed by atoms with E-state index in [9.17, 15) is 19.4 Å². The highest BCUT2D eigenvalue weighted by atomic mass is 31.2. The van der Waals surface area contributed by atoms with Crippen LogP contribution in [0.3, 0.4) is 0 Å². The lowest BCUT2D eigenvalue weighted by Crippen LogP contribution is -2.46. The van der Waals surface area contributed by atoms with E-state index in [2.05, 4.69) is 43.5 Å². The van der Waals surface area contributed by atoms with Gasteiger partial charge in [0.1, 0.15) is 13.2 Å². The van der Waals surface area contributed by atoms with Gasteiger partial charge in [-0.1, -0.05) is 263 Å². The number of rotatable bonds is 54. The number of nitrogens with one attached hydrogen (secondary N) is 1. The van der Waals surface area contributed by atoms with E-state index in [-0.39, 0.29) is 19.1 Å². The molecule has 0 bridgehead atoms. The van der Waals surface area contributed by atoms with Crippen molar-refractivity contribution in [2.45, 2.75) is 302 Å². The summed E-state index contributed by atoms with van der Waals surface area (Å²) in [5.74, 6) is -0.163. The summed E-state index contributed by atoms with van der Waals surface area (Å²) in [6.07, 6.45) is 62.4. The molecule has 398 valence electrons. The van der Waals surface area contributed by atoms with Gasteiger partial charge in [-0.25, -0.2) is 0 Å². The van der Waals surface area contributed by atoms with E-state index < -0.39 is 20.0 Å². The Morgan fingerprint density at radius 3 is 1.24 bits per heavy atom. The number of phosphoric ester groups is 1. The number of phosphoric acid groups is 1. The molecular formula is C58H115N2O6P. The molecule has 3 unspecified atom stereocenters. The number of hydrogen-bond acceptors (Lipinski definition) is 6. The number of carbonyl (C=O) groups is 1. The Morgan fingerprint density at radius 1 is 0.522 bits per heavy atom. The van der Waals surface area contributed by atoms with Crippen molar-refractivity contribution < 1.29 is 32.9 Å². The van der Waals surface area contributed by atoms with E-state index >= 15 is 0 Å². The zero-order valence-corrected chi connectivity index (χ0v) is 46.3. The molecule has 0 aliphatic heterocycles. The van der Waals surface area contributed by atoms with Crippen molar-refractivity contribution >= 4 is 13.7 Å². The van der Waals surface area contributed by atoms with Crippen molar-refractivity contribution in [2.75, 3.05) is 40.9 Å². The number of aliphatic hydroxyl groups excluding tert-OH is 1. The molecule has 67 heavy (non-hydrogen) atoms. The number of unbranched alkanes of at least 4 members (excludes halogenated alkanes) is 37. The molecule has 0 aromatic heterocycles. The molecule has 0 aromatic carbocycles. The third-order valence-electron chi connectivity index (χ3n) is 13.4. The molecule has 9 heteroatoms. The summed E-state index contributed by atoms with van der Waals surface area (Å²) < 4.78 is 23.3. The Labute approximate surface area is 417 Å². The summed E-state index contributed by atoms with van der Waals surface area (Å²) in [5.41, 5.74) is 0. The van der Waals surface area contributed by atoms with Gasteiger partial charge in [-0.15, -0.1) is 0 Å². The fourth-order valence-corrected chi connectivity index (χ4v) is 9.56. The molecule has 0 saturated carbocycles. The van der Waals surface area contributed by atoms with Crippen molar-refractivity contribution in [3.05, 3.63) is 24.3 Å². The molecule has 0 radical (unpaired) electrons. The summed E-state index contributed by atoms with van der Waals surface area (Å²) in [6.45, 7) is 4.73. The van der Waals surface area contributed by atoms with Crippen LogP contribution in [0.15, 0.2) is 24.3 Å². The average Bonchev–Trinajstić information content (AvgIpc) is 3.29. The highest BCUT2D eigenvalue weighted by molar-refractivity contribution is 7.45. The highest BCUT2D eigenvalue weighted by Gasteiger charge is 2.24. The van der Waals surface area contributed by atoms with Gasteiger partial charge < -0.3 is 28.8 Å². The lowest BCUT2D eigenvalue weighted by Gasteiger charge is -2.30. The van der Waals surface area contributed by atoms with Gasteiger partial charge in [0.05, 0.1) is 39.9 Å². The van der Waals surface area contributed by atoms with Gasteiger partial charge in [-0.2, -0.15) is 0 Å². The van der Waals surface area contributed by atoms with Crippen LogP contribution in [0.25, 0.3) is 0 Å². The third kappa shape index (κ3) is 52.6. The van der Waals surface area contributed by atoms with Gasteiger partial charge in [0.2, 0.25) is 5.91 Å². The summed E-state index contributed by atoms with van der Waals surface area (Å²) in [7, 11) is 1.31. The van der Waals surface area contributed by atoms with Gasteiger partial charge in [-0.05, 0) is 44.9 Å². The van der Waals surface area contributed by atoms with Crippen LogP contribution >= 0.6 is 7.82 Å². The molecule has 0 fully saturated rings. The van der Waals surface area contributed by atoms with Crippen LogP contribution in [0.2, 0.25) is 0 Å². The van der Waals surface area contributed by atoms with Crippen molar-refractivity contribution in [1.29, 1.82) is 0 Å². The SMILES string of the molecule is CCCCCCCCCCCCC/C=C\C/C=C\CCCCCCCCCCCCCCCCCCCC(=O)NC(COP(=O)([O-])OCC[N+](C)(C)C)C(O)CCCCCCCCCCCC. The Hall–Kier alpha value is -1.02. The molecule has 0 rings (SSSR count). The van der Waals surface area contributed by atoms with Gasteiger partial charge in [0.25, 0.3) is 7.82 Å². The largest absolute Gasteiger partial charge is 0.756 e. The second-order valence-electron chi connectivity index (χ2n) is 21.4. The predicted molar refractivity (Wildman–Crippen MR) is 289 cm³/mol. The Balaban J connectivity index is 3.88. The normalized spacial score (nSPS) is 14.1. The third-order valence-corrected chi connectivity index (χ3v) is 14.4. The number of aliphatic hydroxyl groups is 1. The van der Waals surface area contributed by atoms with Crippen molar-refractivity contribution in [3.8, 4) is 0 Å². The monoisotopic (exact) mass is 967 g/mol. The quantitative estimate of drug-likeness (QED) is 0.0272. The van der Waals surface area contributed by atoms with Gasteiger partial charge >= 0.3 is 0 Å². The fourth-order valence-electron chi connectivity index (χ4n) is 8.84. The number of allylic oxidation sites excluding steroid dienone is 4. The first-order chi connectivity index (χ1) is 32.5. The second-order valence-corrected chi connectivity index (χ2v) is 22.8. The minimum atomic E-state index is -4.56.